The SMILES string of the molecule is CC[C@@H](C)C(=O)N1CCC[C@H](c2nc(-c3cccc(F)c3)no2)C1. The Kier molecular flexibility index (Phi) is 4.92. The number of hydrogen-bond acceptors (Lipinski definition) is 4. The van der Waals surface area contributed by atoms with Crippen molar-refractivity contribution < 1.29 is 13.7 Å². The van der Waals surface area contributed by atoms with Gasteiger partial charge >= 0.3 is 0 Å². The van der Waals surface area contributed by atoms with E-state index in [1.807, 2.05) is 18.7 Å². The van der Waals surface area contributed by atoms with Gasteiger partial charge in [-0.1, -0.05) is 31.1 Å². The summed E-state index contributed by atoms with van der Waals surface area (Å²) < 4.78 is 18.7. The highest BCUT2D eigenvalue weighted by molar-refractivity contribution is 5.78. The fourth-order valence-corrected chi connectivity index (χ4v) is 3.01. The second kappa shape index (κ2) is 7.11. The Balaban J connectivity index is 1.74. The summed E-state index contributed by atoms with van der Waals surface area (Å²) in [5, 5.41) is 3.97. The van der Waals surface area contributed by atoms with Crippen LogP contribution in [0.25, 0.3) is 11.4 Å². The van der Waals surface area contributed by atoms with E-state index in [0.717, 1.165) is 25.8 Å². The van der Waals surface area contributed by atoms with Crippen LogP contribution in [0.2, 0.25) is 0 Å². The fourth-order valence-electron chi connectivity index (χ4n) is 3.01. The van der Waals surface area contributed by atoms with E-state index in [0.29, 0.717) is 23.8 Å². The van der Waals surface area contributed by atoms with Crippen molar-refractivity contribution in [3.63, 3.8) is 0 Å². The molecule has 1 fully saturated rings. The molecule has 6 heteroatoms. The van der Waals surface area contributed by atoms with Crippen molar-refractivity contribution in [2.24, 2.45) is 5.92 Å². The molecule has 1 aliphatic heterocycles. The largest absolute Gasteiger partial charge is 0.342 e. The van der Waals surface area contributed by atoms with Crippen molar-refractivity contribution in [1.82, 2.24) is 15.0 Å². The summed E-state index contributed by atoms with van der Waals surface area (Å²) >= 11 is 0. The summed E-state index contributed by atoms with van der Waals surface area (Å²) in [5.74, 6) is 0.843. The van der Waals surface area contributed by atoms with Gasteiger partial charge in [0.15, 0.2) is 0 Å². The Morgan fingerprint density at radius 1 is 1.50 bits per heavy atom. The Hall–Kier alpha value is -2.24. The van der Waals surface area contributed by atoms with E-state index in [1.165, 1.54) is 12.1 Å². The molecule has 0 spiro atoms. The molecular formula is C18H22FN3O2. The molecule has 0 N–H and O–H groups in total. The van der Waals surface area contributed by atoms with Crippen LogP contribution < -0.4 is 0 Å². The smallest absolute Gasteiger partial charge is 0.231 e. The molecule has 5 nitrogen and oxygen atoms in total. The van der Waals surface area contributed by atoms with Gasteiger partial charge in [0.1, 0.15) is 5.82 Å². The van der Waals surface area contributed by atoms with Crippen LogP contribution in [0.1, 0.15) is 44.9 Å². The number of halogens is 1. The Morgan fingerprint density at radius 2 is 2.33 bits per heavy atom. The molecule has 128 valence electrons. The molecule has 24 heavy (non-hydrogen) atoms. The molecule has 2 atom stereocenters. The number of hydrogen-bond donors (Lipinski definition) is 0. The van der Waals surface area contributed by atoms with Gasteiger partial charge in [0.2, 0.25) is 17.6 Å². The molecule has 2 aromatic rings. The standard InChI is InChI=1S/C18H22FN3O2/c1-3-12(2)18(23)22-9-5-7-14(11-22)17-20-16(21-24-17)13-6-4-8-15(19)10-13/h4,6,8,10,12,14H,3,5,7,9,11H2,1-2H3/t12-,14+/m1/s1. The van der Waals surface area contributed by atoms with Crippen LogP contribution in [0.4, 0.5) is 4.39 Å². The van der Waals surface area contributed by atoms with Crippen LogP contribution in [-0.4, -0.2) is 34.0 Å². The minimum Gasteiger partial charge on any atom is -0.342 e. The summed E-state index contributed by atoms with van der Waals surface area (Å²) in [6, 6.07) is 6.13. The number of likely N-dealkylation sites (tertiary alicyclic amines) is 1. The number of rotatable bonds is 4. The molecule has 0 unspecified atom stereocenters. The zero-order valence-corrected chi connectivity index (χ0v) is 14.0. The summed E-state index contributed by atoms with van der Waals surface area (Å²) in [6.45, 7) is 5.37. The Labute approximate surface area is 140 Å². The first kappa shape index (κ1) is 16.6. The molecule has 0 bridgehead atoms. The van der Waals surface area contributed by atoms with Crippen molar-refractivity contribution in [2.75, 3.05) is 13.1 Å². The van der Waals surface area contributed by atoms with Gasteiger partial charge in [0, 0.05) is 24.6 Å². The number of aromatic nitrogens is 2. The average Bonchev–Trinajstić information content (AvgIpc) is 3.11. The molecule has 2 heterocycles. The highest BCUT2D eigenvalue weighted by atomic mass is 19.1. The van der Waals surface area contributed by atoms with Crippen LogP contribution in [-0.2, 0) is 4.79 Å². The lowest BCUT2D eigenvalue weighted by Gasteiger charge is -2.32. The maximum atomic E-state index is 13.3. The Morgan fingerprint density at radius 3 is 3.08 bits per heavy atom. The lowest BCUT2D eigenvalue weighted by Crippen LogP contribution is -2.41. The van der Waals surface area contributed by atoms with Crippen LogP contribution in [0, 0.1) is 11.7 Å². The van der Waals surface area contributed by atoms with E-state index >= 15 is 0 Å². The van der Waals surface area contributed by atoms with Crippen LogP contribution in [0.15, 0.2) is 28.8 Å². The van der Waals surface area contributed by atoms with E-state index in [-0.39, 0.29) is 23.6 Å². The quantitative estimate of drug-likeness (QED) is 0.858. The fraction of sp³-hybridized carbons (Fsp3) is 0.500. The molecule has 1 aliphatic rings. The predicted octanol–water partition coefficient (Wildman–Crippen LogP) is 3.63. The first-order chi connectivity index (χ1) is 11.6. The lowest BCUT2D eigenvalue weighted by atomic mass is 9.96. The third-order valence-corrected chi connectivity index (χ3v) is 4.64. The molecule has 1 aromatic heterocycles. The zero-order chi connectivity index (χ0) is 17.1. The highest BCUT2D eigenvalue weighted by Gasteiger charge is 2.30. The number of benzene rings is 1. The second-order valence-electron chi connectivity index (χ2n) is 6.40. The first-order valence-corrected chi connectivity index (χ1v) is 8.46. The van der Waals surface area contributed by atoms with Gasteiger partial charge in [-0.25, -0.2) is 4.39 Å². The second-order valence-corrected chi connectivity index (χ2v) is 6.40. The molecule has 0 aliphatic carbocycles. The number of nitrogens with zero attached hydrogens (tertiary/aromatic N) is 3. The minimum absolute atomic E-state index is 0.0364. The van der Waals surface area contributed by atoms with Gasteiger partial charge in [-0.2, -0.15) is 4.98 Å². The highest BCUT2D eigenvalue weighted by Crippen LogP contribution is 2.28. The third kappa shape index (κ3) is 3.47. The summed E-state index contributed by atoms with van der Waals surface area (Å²) in [7, 11) is 0. The normalized spacial score (nSPS) is 19.3. The van der Waals surface area contributed by atoms with Crippen molar-refractivity contribution in [3.05, 3.63) is 36.0 Å². The minimum atomic E-state index is -0.332. The lowest BCUT2D eigenvalue weighted by molar-refractivity contribution is -0.136. The number of carbonyl (C=O) groups is 1. The molecule has 0 saturated carbocycles. The van der Waals surface area contributed by atoms with E-state index in [4.69, 9.17) is 4.52 Å². The molecule has 1 aromatic carbocycles. The van der Waals surface area contributed by atoms with Gasteiger partial charge in [0.25, 0.3) is 0 Å². The topological polar surface area (TPSA) is 59.2 Å². The zero-order valence-electron chi connectivity index (χ0n) is 14.0. The number of amides is 1. The predicted molar refractivity (Wildman–Crippen MR) is 87.7 cm³/mol. The van der Waals surface area contributed by atoms with Gasteiger partial charge in [-0.15, -0.1) is 0 Å². The summed E-state index contributed by atoms with van der Waals surface area (Å²) in [5.41, 5.74) is 0.591. The Bertz CT molecular complexity index is 716. The van der Waals surface area contributed by atoms with E-state index in [2.05, 4.69) is 10.1 Å². The van der Waals surface area contributed by atoms with Gasteiger partial charge < -0.3 is 9.42 Å². The maximum absolute atomic E-state index is 13.3. The van der Waals surface area contributed by atoms with Crippen molar-refractivity contribution in [1.29, 1.82) is 0 Å². The molecule has 0 radical (unpaired) electrons. The maximum Gasteiger partial charge on any atom is 0.231 e. The monoisotopic (exact) mass is 331 g/mol. The van der Waals surface area contributed by atoms with Gasteiger partial charge in [0.05, 0.1) is 5.92 Å². The van der Waals surface area contributed by atoms with Crippen LogP contribution in [0.5, 0.6) is 0 Å². The summed E-state index contributed by atoms with van der Waals surface area (Å²) in [6.07, 6.45) is 2.67. The van der Waals surface area contributed by atoms with E-state index in [1.54, 1.807) is 12.1 Å². The van der Waals surface area contributed by atoms with Crippen LogP contribution >= 0.6 is 0 Å². The molecular weight excluding hydrogens is 309 g/mol. The van der Waals surface area contributed by atoms with E-state index in [9.17, 15) is 9.18 Å². The first-order valence-electron chi connectivity index (χ1n) is 8.46. The molecule has 1 saturated heterocycles. The van der Waals surface area contributed by atoms with Gasteiger partial charge in [-0.3, -0.25) is 4.79 Å². The number of piperidine rings is 1. The van der Waals surface area contributed by atoms with Crippen LogP contribution in [0.3, 0.4) is 0 Å². The summed E-state index contributed by atoms with van der Waals surface area (Å²) in [4.78, 5) is 18.7. The van der Waals surface area contributed by atoms with E-state index < -0.39 is 0 Å². The number of carbonyl (C=O) groups excluding carboxylic acids is 1. The molecule has 1 amide bonds. The third-order valence-electron chi connectivity index (χ3n) is 4.64. The molecule has 3 rings (SSSR count). The average molecular weight is 331 g/mol. The van der Waals surface area contributed by atoms with Crippen molar-refractivity contribution in [2.45, 2.75) is 39.0 Å². The van der Waals surface area contributed by atoms with Crippen molar-refractivity contribution >= 4 is 5.91 Å². The van der Waals surface area contributed by atoms with Gasteiger partial charge in [-0.05, 0) is 31.4 Å². The van der Waals surface area contributed by atoms with Crippen molar-refractivity contribution in [3.8, 4) is 11.4 Å².